The van der Waals surface area contributed by atoms with Crippen molar-refractivity contribution in [3.05, 3.63) is 0 Å². The van der Waals surface area contributed by atoms with Crippen LogP contribution < -0.4 is 5.32 Å². The molecule has 1 unspecified atom stereocenters. The summed E-state index contributed by atoms with van der Waals surface area (Å²) in [6.45, 7) is 8.67. The molecule has 0 rings (SSSR count). The van der Waals surface area contributed by atoms with E-state index in [1.807, 2.05) is 6.92 Å². The Kier molecular flexibility index (Phi) is 10.7. The summed E-state index contributed by atoms with van der Waals surface area (Å²) < 4.78 is 29.0. The van der Waals surface area contributed by atoms with Crippen LogP contribution in [0.2, 0.25) is 0 Å². The molecule has 0 heterocycles. The molecule has 0 aliphatic rings. The first-order chi connectivity index (χ1) is 8.54. The lowest BCUT2D eigenvalue weighted by molar-refractivity contribution is 0.145. The van der Waals surface area contributed by atoms with Crippen LogP contribution in [0.4, 0.5) is 0 Å². The van der Waals surface area contributed by atoms with Crippen LogP contribution in [0.5, 0.6) is 0 Å². The molecule has 0 aliphatic carbocycles. The third kappa shape index (κ3) is 8.89. The highest BCUT2D eigenvalue weighted by Crippen LogP contribution is 2.06. The standard InChI is InChI=1S/C13H29NO3S/c1-4-6-7-11-18(15,16)13(3)12-14-9-8-10-17-5-2/h13-14H,4-12H2,1-3H3. The highest BCUT2D eigenvalue weighted by molar-refractivity contribution is 7.92. The van der Waals surface area contributed by atoms with E-state index in [-0.39, 0.29) is 5.25 Å². The Balaban J connectivity index is 3.69. The van der Waals surface area contributed by atoms with E-state index in [4.69, 9.17) is 4.74 Å². The van der Waals surface area contributed by atoms with E-state index in [9.17, 15) is 8.42 Å². The van der Waals surface area contributed by atoms with Crippen LogP contribution in [0.25, 0.3) is 0 Å². The topological polar surface area (TPSA) is 55.4 Å². The zero-order chi connectivity index (χ0) is 13.9. The van der Waals surface area contributed by atoms with Crippen molar-refractivity contribution < 1.29 is 13.2 Å². The largest absolute Gasteiger partial charge is 0.382 e. The lowest BCUT2D eigenvalue weighted by Gasteiger charge is -2.13. The average molecular weight is 279 g/mol. The van der Waals surface area contributed by atoms with Gasteiger partial charge in [0, 0.05) is 19.8 Å². The lowest BCUT2D eigenvalue weighted by atomic mass is 10.3. The summed E-state index contributed by atoms with van der Waals surface area (Å²) in [5, 5.41) is 2.89. The second-order valence-electron chi connectivity index (χ2n) is 4.64. The molecule has 0 saturated heterocycles. The van der Waals surface area contributed by atoms with Gasteiger partial charge in [-0.2, -0.15) is 0 Å². The Morgan fingerprint density at radius 2 is 1.89 bits per heavy atom. The first kappa shape index (κ1) is 17.9. The van der Waals surface area contributed by atoms with E-state index in [2.05, 4.69) is 12.2 Å². The molecule has 1 atom stereocenters. The summed E-state index contributed by atoms with van der Waals surface area (Å²) in [7, 11) is -2.92. The molecular weight excluding hydrogens is 250 g/mol. The second-order valence-corrected chi connectivity index (χ2v) is 7.18. The van der Waals surface area contributed by atoms with Crippen molar-refractivity contribution in [3.8, 4) is 0 Å². The van der Waals surface area contributed by atoms with Crippen molar-refractivity contribution in [3.63, 3.8) is 0 Å². The molecule has 1 N–H and O–H groups in total. The van der Waals surface area contributed by atoms with Gasteiger partial charge in [0.05, 0.1) is 11.0 Å². The van der Waals surface area contributed by atoms with Gasteiger partial charge < -0.3 is 10.1 Å². The fourth-order valence-corrected chi connectivity index (χ4v) is 3.01. The Morgan fingerprint density at radius 3 is 2.50 bits per heavy atom. The Bertz CT molecular complexity index is 278. The molecule has 0 aromatic heterocycles. The SMILES string of the molecule is CCCCCS(=O)(=O)C(C)CNCCCOCC. The van der Waals surface area contributed by atoms with Crippen molar-refractivity contribution in [2.75, 3.05) is 32.1 Å². The third-order valence-electron chi connectivity index (χ3n) is 2.92. The Hall–Kier alpha value is -0.130. The van der Waals surface area contributed by atoms with E-state index in [0.29, 0.717) is 12.3 Å². The zero-order valence-electron chi connectivity index (χ0n) is 12.1. The highest BCUT2D eigenvalue weighted by Gasteiger charge is 2.19. The smallest absolute Gasteiger partial charge is 0.154 e. The molecule has 0 aromatic carbocycles. The van der Waals surface area contributed by atoms with E-state index >= 15 is 0 Å². The van der Waals surface area contributed by atoms with Crippen LogP contribution in [0, 0.1) is 0 Å². The summed E-state index contributed by atoms with van der Waals surface area (Å²) in [5.74, 6) is 0.322. The lowest BCUT2D eigenvalue weighted by Crippen LogP contribution is -2.33. The molecule has 0 radical (unpaired) electrons. The summed E-state index contributed by atoms with van der Waals surface area (Å²) >= 11 is 0. The van der Waals surface area contributed by atoms with Gasteiger partial charge in [-0.15, -0.1) is 0 Å². The maximum atomic E-state index is 11.9. The molecule has 0 saturated carbocycles. The van der Waals surface area contributed by atoms with E-state index in [1.54, 1.807) is 6.92 Å². The maximum Gasteiger partial charge on any atom is 0.154 e. The molecule has 110 valence electrons. The maximum absolute atomic E-state index is 11.9. The monoisotopic (exact) mass is 279 g/mol. The minimum Gasteiger partial charge on any atom is -0.382 e. The molecule has 18 heavy (non-hydrogen) atoms. The first-order valence-corrected chi connectivity index (χ1v) is 8.76. The van der Waals surface area contributed by atoms with Crippen LogP contribution in [0.15, 0.2) is 0 Å². The Morgan fingerprint density at radius 1 is 1.17 bits per heavy atom. The number of ether oxygens (including phenoxy) is 1. The van der Waals surface area contributed by atoms with Gasteiger partial charge in [-0.25, -0.2) is 8.42 Å². The van der Waals surface area contributed by atoms with Crippen LogP contribution in [-0.4, -0.2) is 45.7 Å². The molecule has 5 heteroatoms. The second kappa shape index (κ2) is 10.8. The van der Waals surface area contributed by atoms with Gasteiger partial charge in [-0.3, -0.25) is 0 Å². The molecule has 0 aromatic rings. The molecule has 0 fully saturated rings. The van der Waals surface area contributed by atoms with Crippen molar-refractivity contribution in [2.24, 2.45) is 0 Å². The number of sulfone groups is 1. The van der Waals surface area contributed by atoms with Gasteiger partial charge in [-0.1, -0.05) is 19.8 Å². The van der Waals surface area contributed by atoms with Crippen LogP contribution >= 0.6 is 0 Å². The van der Waals surface area contributed by atoms with Crippen LogP contribution in [0.3, 0.4) is 0 Å². The Labute approximate surface area is 112 Å². The normalized spacial score (nSPS) is 13.7. The predicted molar refractivity (Wildman–Crippen MR) is 76.8 cm³/mol. The van der Waals surface area contributed by atoms with Crippen molar-refractivity contribution in [1.29, 1.82) is 0 Å². The fraction of sp³-hybridized carbons (Fsp3) is 1.00. The first-order valence-electron chi connectivity index (χ1n) is 7.04. The predicted octanol–water partition coefficient (Wildman–Crippen LogP) is 2.00. The number of unbranched alkanes of at least 4 members (excludes halogenated alkanes) is 2. The molecule has 0 amide bonds. The van der Waals surface area contributed by atoms with Gasteiger partial charge in [0.15, 0.2) is 9.84 Å². The van der Waals surface area contributed by atoms with Crippen LogP contribution in [0.1, 0.15) is 46.5 Å². The van der Waals surface area contributed by atoms with Gasteiger partial charge in [0.1, 0.15) is 0 Å². The summed E-state index contributed by atoms with van der Waals surface area (Å²) in [6, 6.07) is 0. The summed E-state index contributed by atoms with van der Waals surface area (Å²) in [6.07, 6.45) is 3.76. The van der Waals surface area contributed by atoms with Gasteiger partial charge in [0.25, 0.3) is 0 Å². The van der Waals surface area contributed by atoms with Gasteiger partial charge in [0.2, 0.25) is 0 Å². The summed E-state index contributed by atoms with van der Waals surface area (Å²) in [5.41, 5.74) is 0. The number of rotatable bonds is 12. The van der Waals surface area contributed by atoms with E-state index < -0.39 is 9.84 Å². The molecule has 0 bridgehead atoms. The minimum absolute atomic E-state index is 0.290. The van der Waals surface area contributed by atoms with Crippen LogP contribution in [-0.2, 0) is 14.6 Å². The quantitative estimate of drug-likeness (QED) is 0.555. The molecule has 0 aliphatic heterocycles. The van der Waals surface area contributed by atoms with Crippen molar-refractivity contribution >= 4 is 9.84 Å². The molecule has 0 spiro atoms. The van der Waals surface area contributed by atoms with Gasteiger partial charge in [-0.05, 0) is 33.2 Å². The third-order valence-corrected chi connectivity index (χ3v) is 5.17. The fourth-order valence-electron chi connectivity index (χ4n) is 1.63. The number of nitrogens with one attached hydrogen (secondary N) is 1. The minimum atomic E-state index is -2.92. The van der Waals surface area contributed by atoms with Crippen molar-refractivity contribution in [2.45, 2.75) is 51.7 Å². The van der Waals surface area contributed by atoms with E-state index in [1.165, 1.54) is 0 Å². The number of hydrogen-bond acceptors (Lipinski definition) is 4. The summed E-state index contributed by atoms with van der Waals surface area (Å²) in [4.78, 5) is 0. The zero-order valence-corrected chi connectivity index (χ0v) is 12.9. The van der Waals surface area contributed by atoms with E-state index in [0.717, 1.165) is 45.4 Å². The highest BCUT2D eigenvalue weighted by atomic mass is 32.2. The number of hydrogen-bond donors (Lipinski definition) is 1. The average Bonchev–Trinajstić information content (AvgIpc) is 2.33. The van der Waals surface area contributed by atoms with Gasteiger partial charge >= 0.3 is 0 Å². The van der Waals surface area contributed by atoms with Crippen molar-refractivity contribution in [1.82, 2.24) is 5.32 Å². The molecular formula is C13H29NO3S. The molecule has 4 nitrogen and oxygen atoms in total.